The Balaban J connectivity index is 1.35. The third-order valence-electron chi connectivity index (χ3n) is 6.65. The average molecular weight is 355 g/mol. The molecule has 1 aliphatic heterocycles. The van der Waals surface area contributed by atoms with Crippen molar-refractivity contribution in [2.75, 3.05) is 32.7 Å². The maximum absolute atomic E-state index is 13.2. The van der Waals surface area contributed by atoms with Gasteiger partial charge in [-0.3, -0.25) is 14.5 Å². The van der Waals surface area contributed by atoms with Crippen LogP contribution in [-0.2, 0) is 15.0 Å². The number of nitrogens with zero attached hydrogens (tertiary/aromatic N) is 1. The van der Waals surface area contributed by atoms with Crippen molar-refractivity contribution in [3.8, 4) is 0 Å². The van der Waals surface area contributed by atoms with E-state index in [1.165, 1.54) is 31.2 Å². The first-order valence-corrected chi connectivity index (χ1v) is 9.99. The summed E-state index contributed by atoms with van der Waals surface area (Å²) in [6, 6.07) is 10.4. The lowest BCUT2D eigenvalue weighted by Gasteiger charge is -2.26. The number of nitrogens with one attached hydrogen (secondary N) is 2. The van der Waals surface area contributed by atoms with E-state index in [1.807, 2.05) is 18.2 Å². The van der Waals surface area contributed by atoms with E-state index in [0.717, 1.165) is 32.5 Å². The molecule has 1 aromatic rings. The summed E-state index contributed by atoms with van der Waals surface area (Å²) in [5.41, 5.74) is 1.08. The molecule has 140 valence electrons. The van der Waals surface area contributed by atoms with Crippen LogP contribution in [0.1, 0.15) is 44.1 Å². The molecule has 1 saturated heterocycles. The van der Waals surface area contributed by atoms with Crippen molar-refractivity contribution in [2.24, 2.45) is 5.41 Å². The number of piperazine rings is 1. The second-order valence-corrected chi connectivity index (χ2v) is 8.17. The van der Waals surface area contributed by atoms with Crippen molar-refractivity contribution in [3.05, 3.63) is 35.9 Å². The van der Waals surface area contributed by atoms with E-state index in [2.05, 4.69) is 27.7 Å². The van der Waals surface area contributed by atoms with Gasteiger partial charge < -0.3 is 10.6 Å². The molecule has 1 spiro atoms. The molecule has 2 saturated carbocycles. The van der Waals surface area contributed by atoms with Gasteiger partial charge in [0.15, 0.2) is 0 Å². The van der Waals surface area contributed by atoms with Gasteiger partial charge in [-0.1, -0.05) is 43.2 Å². The average Bonchev–Trinajstić information content (AvgIpc) is 3.07. The minimum atomic E-state index is -0.310. The number of hydrogen-bond acceptors (Lipinski definition) is 3. The van der Waals surface area contributed by atoms with Crippen molar-refractivity contribution >= 4 is 11.8 Å². The summed E-state index contributed by atoms with van der Waals surface area (Å²) in [7, 11) is 0. The Morgan fingerprint density at radius 2 is 1.96 bits per heavy atom. The lowest BCUT2D eigenvalue weighted by molar-refractivity contribution is -0.125. The molecule has 1 heterocycles. The monoisotopic (exact) mass is 355 g/mol. The molecule has 1 aromatic carbocycles. The van der Waals surface area contributed by atoms with Crippen LogP contribution in [0, 0.1) is 5.41 Å². The van der Waals surface area contributed by atoms with Crippen molar-refractivity contribution in [1.82, 2.24) is 15.5 Å². The molecule has 0 unspecified atom stereocenters. The fourth-order valence-electron chi connectivity index (χ4n) is 5.24. The number of amides is 2. The van der Waals surface area contributed by atoms with E-state index in [1.54, 1.807) is 0 Å². The van der Waals surface area contributed by atoms with Crippen LogP contribution in [0.5, 0.6) is 0 Å². The fraction of sp³-hybridized carbons (Fsp3) is 0.619. The van der Waals surface area contributed by atoms with Crippen molar-refractivity contribution in [1.29, 1.82) is 0 Å². The predicted molar refractivity (Wildman–Crippen MR) is 101 cm³/mol. The summed E-state index contributed by atoms with van der Waals surface area (Å²) >= 11 is 0. The quantitative estimate of drug-likeness (QED) is 0.766. The summed E-state index contributed by atoms with van der Waals surface area (Å²) in [6.45, 7) is 3.64. The molecule has 2 N–H and O–H groups in total. The molecule has 4 rings (SSSR count). The number of carbonyl (C=O) groups is 2. The minimum absolute atomic E-state index is 0.101. The van der Waals surface area contributed by atoms with Gasteiger partial charge in [0.25, 0.3) is 0 Å². The Morgan fingerprint density at radius 3 is 2.69 bits per heavy atom. The van der Waals surface area contributed by atoms with Crippen LogP contribution in [0.2, 0.25) is 0 Å². The molecule has 0 bridgehead atoms. The van der Waals surface area contributed by atoms with Gasteiger partial charge in [0.1, 0.15) is 0 Å². The Kier molecular flexibility index (Phi) is 4.74. The summed E-state index contributed by atoms with van der Waals surface area (Å²) in [6.07, 6.45) is 6.74. The van der Waals surface area contributed by atoms with E-state index >= 15 is 0 Å². The standard InChI is InChI=1S/C21H29N3O2/c25-18-15-24(14-12-22-18)13-6-11-23-19(26)21(17-7-2-1-3-8-17)16-20(21)9-4-5-10-20/h1-3,7-8H,4-6,9-16H2,(H,22,25)(H,23,26)/t21-/m0/s1. The Morgan fingerprint density at radius 1 is 1.19 bits per heavy atom. The molecule has 0 radical (unpaired) electrons. The van der Waals surface area contributed by atoms with E-state index < -0.39 is 0 Å². The minimum Gasteiger partial charge on any atom is -0.355 e. The molecule has 5 heteroatoms. The zero-order chi connectivity index (χ0) is 18.0. The molecular weight excluding hydrogens is 326 g/mol. The molecule has 1 atom stereocenters. The summed E-state index contributed by atoms with van der Waals surface area (Å²) in [4.78, 5) is 26.8. The largest absolute Gasteiger partial charge is 0.355 e. The van der Waals surface area contributed by atoms with Gasteiger partial charge in [0.2, 0.25) is 11.8 Å². The van der Waals surface area contributed by atoms with E-state index in [0.29, 0.717) is 13.1 Å². The van der Waals surface area contributed by atoms with Gasteiger partial charge >= 0.3 is 0 Å². The molecule has 3 fully saturated rings. The van der Waals surface area contributed by atoms with Gasteiger partial charge in [-0.25, -0.2) is 0 Å². The molecule has 3 aliphatic rings. The third kappa shape index (κ3) is 3.02. The third-order valence-corrected chi connectivity index (χ3v) is 6.65. The second kappa shape index (κ2) is 7.03. The van der Waals surface area contributed by atoms with Crippen LogP contribution in [0.25, 0.3) is 0 Å². The topological polar surface area (TPSA) is 61.4 Å². The number of benzene rings is 1. The predicted octanol–water partition coefficient (Wildman–Crippen LogP) is 1.83. The van der Waals surface area contributed by atoms with Crippen molar-refractivity contribution in [2.45, 2.75) is 43.9 Å². The molecule has 0 aromatic heterocycles. The lowest BCUT2D eigenvalue weighted by Crippen LogP contribution is -2.48. The van der Waals surface area contributed by atoms with Crippen LogP contribution < -0.4 is 10.6 Å². The normalized spacial score (nSPS) is 27.3. The first-order chi connectivity index (χ1) is 12.7. The van der Waals surface area contributed by atoms with E-state index in [-0.39, 0.29) is 22.6 Å². The van der Waals surface area contributed by atoms with Gasteiger partial charge in [-0.15, -0.1) is 0 Å². The van der Waals surface area contributed by atoms with Crippen LogP contribution >= 0.6 is 0 Å². The number of rotatable bonds is 6. The lowest BCUT2D eigenvalue weighted by atomic mass is 9.84. The smallest absolute Gasteiger partial charge is 0.234 e. The Labute approximate surface area is 155 Å². The Hall–Kier alpha value is -1.88. The van der Waals surface area contributed by atoms with Gasteiger partial charge in [0.05, 0.1) is 12.0 Å². The summed E-state index contributed by atoms with van der Waals surface area (Å²) in [5, 5.41) is 6.06. The highest BCUT2D eigenvalue weighted by atomic mass is 16.2. The van der Waals surface area contributed by atoms with Crippen molar-refractivity contribution < 1.29 is 9.59 Å². The second-order valence-electron chi connectivity index (χ2n) is 8.17. The summed E-state index contributed by atoms with van der Waals surface area (Å²) in [5.74, 6) is 0.312. The number of carbonyl (C=O) groups excluding carboxylic acids is 2. The van der Waals surface area contributed by atoms with Crippen LogP contribution in [0.4, 0.5) is 0 Å². The van der Waals surface area contributed by atoms with E-state index in [9.17, 15) is 9.59 Å². The van der Waals surface area contributed by atoms with Crippen LogP contribution in [0.3, 0.4) is 0 Å². The van der Waals surface area contributed by atoms with Crippen LogP contribution in [0.15, 0.2) is 30.3 Å². The molecule has 2 amide bonds. The van der Waals surface area contributed by atoms with Gasteiger partial charge in [0, 0.05) is 26.2 Å². The van der Waals surface area contributed by atoms with Crippen LogP contribution in [-0.4, -0.2) is 49.4 Å². The zero-order valence-electron chi connectivity index (χ0n) is 15.4. The highest BCUT2D eigenvalue weighted by molar-refractivity contribution is 5.93. The molecular formula is C21H29N3O2. The number of hydrogen-bond donors (Lipinski definition) is 2. The molecule has 5 nitrogen and oxygen atoms in total. The maximum Gasteiger partial charge on any atom is 0.234 e. The SMILES string of the molecule is O=C1CN(CCCNC(=O)[C@@]2(c3ccccc3)CC23CCCC3)CCN1. The first kappa shape index (κ1) is 17.5. The first-order valence-electron chi connectivity index (χ1n) is 9.99. The van der Waals surface area contributed by atoms with Crippen molar-refractivity contribution in [3.63, 3.8) is 0 Å². The molecule has 2 aliphatic carbocycles. The molecule has 26 heavy (non-hydrogen) atoms. The van der Waals surface area contributed by atoms with E-state index in [4.69, 9.17) is 0 Å². The summed E-state index contributed by atoms with van der Waals surface area (Å²) < 4.78 is 0. The van der Waals surface area contributed by atoms with Gasteiger partial charge in [-0.05, 0) is 36.7 Å². The zero-order valence-corrected chi connectivity index (χ0v) is 15.4. The Bertz CT molecular complexity index is 669. The highest BCUT2D eigenvalue weighted by Crippen LogP contribution is 2.72. The fourth-order valence-corrected chi connectivity index (χ4v) is 5.24. The highest BCUT2D eigenvalue weighted by Gasteiger charge is 2.72. The maximum atomic E-state index is 13.2. The van der Waals surface area contributed by atoms with Gasteiger partial charge in [-0.2, -0.15) is 0 Å².